The van der Waals surface area contributed by atoms with Gasteiger partial charge in [-0.05, 0) is 26.0 Å². The van der Waals surface area contributed by atoms with E-state index in [0.29, 0.717) is 11.4 Å². The number of halogens is 1. The molecular weight excluding hydrogens is 240 g/mol. The molecule has 1 rings (SSSR count). The largest absolute Gasteiger partial charge is 0.317 e. The van der Waals surface area contributed by atoms with Crippen LogP contribution in [0.2, 0.25) is 5.02 Å². The number of nitrogens with zero attached hydrogens (tertiary/aromatic N) is 1. The number of likely N-dealkylation sites (N-methyl/N-ethyl adjacent to an activating group) is 1. The van der Waals surface area contributed by atoms with Crippen molar-refractivity contribution in [1.29, 1.82) is 0 Å². The van der Waals surface area contributed by atoms with Gasteiger partial charge in [0, 0.05) is 22.7 Å². The molecule has 0 aliphatic heterocycles. The van der Waals surface area contributed by atoms with E-state index in [1.807, 2.05) is 7.05 Å². The smallest absolute Gasteiger partial charge is 0.274 e. The molecule has 94 valence electrons. The van der Waals surface area contributed by atoms with E-state index in [0.717, 1.165) is 18.4 Å². The second-order valence-electron chi connectivity index (χ2n) is 4.01. The minimum absolute atomic E-state index is 0.105. The predicted octanol–water partition coefficient (Wildman–Crippen LogP) is 3.18. The number of nitro benzene ring substituents is 1. The Labute approximate surface area is 106 Å². The van der Waals surface area contributed by atoms with E-state index in [9.17, 15) is 10.1 Å². The number of rotatable bonds is 6. The topological polar surface area (TPSA) is 55.2 Å². The summed E-state index contributed by atoms with van der Waals surface area (Å²) in [7, 11) is 1.88. The van der Waals surface area contributed by atoms with Crippen LogP contribution in [-0.2, 0) is 6.42 Å². The summed E-state index contributed by atoms with van der Waals surface area (Å²) in [5, 5.41) is 14.5. The third-order valence-electron chi connectivity index (χ3n) is 2.76. The van der Waals surface area contributed by atoms with Crippen molar-refractivity contribution in [2.24, 2.45) is 0 Å². The Balaban J connectivity index is 2.92. The van der Waals surface area contributed by atoms with E-state index >= 15 is 0 Å². The minimum atomic E-state index is -0.375. The fourth-order valence-electron chi connectivity index (χ4n) is 1.84. The lowest BCUT2D eigenvalue weighted by Crippen LogP contribution is -2.27. The second kappa shape index (κ2) is 6.57. The number of hydrogen-bond acceptors (Lipinski definition) is 3. The highest BCUT2D eigenvalue weighted by atomic mass is 35.5. The first kappa shape index (κ1) is 13.9. The van der Waals surface area contributed by atoms with Crippen LogP contribution in [0.4, 0.5) is 5.69 Å². The van der Waals surface area contributed by atoms with Crippen LogP contribution in [0.3, 0.4) is 0 Å². The molecule has 1 aromatic carbocycles. The van der Waals surface area contributed by atoms with Gasteiger partial charge in [0.2, 0.25) is 0 Å². The van der Waals surface area contributed by atoms with Gasteiger partial charge in [-0.25, -0.2) is 0 Å². The third kappa shape index (κ3) is 3.98. The predicted molar refractivity (Wildman–Crippen MR) is 69.6 cm³/mol. The van der Waals surface area contributed by atoms with Crippen LogP contribution in [0.15, 0.2) is 18.2 Å². The van der Waals surface area contributed by atoms with Crippen LogP contribution in [0.25, 0.3) is 0 Å². The van der Waals surface area contributed by atoms with Crippen molar-refractivity contribution in [1.82, 2.24) is 5.32 Å². The molecule has 0 spiro atoms. The monoisotopic (exact) mass is 256 g/mol. The van der Waals surface area contributed by atoms with Gasteiger partial charge in [0.1, 0.15) is 0 Å². The quantitative estimate of drug-likeness (QED) is 0.628. The first-order valence-corrected chi connectivity index (χ1v) is 6.06. The van der Waals surface area contributed by atoms with Crippen LogP contribution in [-0.4, -0.2) is 18.0 Å². The first-order chi connectivity index (χ1) is 8.08. The summed E-state index contributed by atoms with van der Waals surface area (Å²) >= 11 is 5.77. The van der Waals surface area contributed by atoms with Crippen LogP contribution in [0.5, 0.6) is 0 Å². The van der Waals surface area contributed by atoms with Crippen LogP contribution < -0.4 is 5.32 Å². The zero-order valence-electron chi connectivity index (χ0n) is 10.1. The van der Waals surface area contributed by atoms with Crippen LogP contribution in [0.1, 0.15) is 25.3 Å². The molecular formula is C12H17ClN2O2. The van der Waals surface area contributed by atoms with Crippen LogP contribution >= 0.6 is 11.6 Å². The Morgan fingerprint density at radius 3 is 2.76 bits per heavy atom. The zero-order chi connectivity index (χ0) is 12.8. The number of benzene rings is 1. The molecule has 0 saturated carbocycles. The minimum Gasteiger partial charge on any atom is -0.317 e. The Bertz CT molecular complexity index is 396. The highest BCUT2D eigenvalue weighted by molar-refractivity contribution is 6.30. The fraction of sp³-hybridized carbons (Fsp3) is 0.500. The lowest BCUT2D eigenvalue weighted by Gasteiger charge is -2.15. The molecule has 1 atom stereocenters. The molecule has 0 aliphatic carbocycles. The average Bonchev–Trinajstić information content (AvgIpc) is 2.30. The first-order valence-electron chi connectivity index (χ1n) is 5.68. The molecule has 0 radical (unpaired) electrons. The van der Waals surface area contributed by atoms with Gasteiger partial charge in [0.15, 0.2) is 0 Å². The highest BCUT2D eigenvalue weighted by Crippen LogP contribution is 2.24. The van der Waals surface area contributed by atoms with Crippen molar-refractivity contribution in [2.45, 2.75) is 32.2 Å². The van der Waals surface area contributed by atoms with Crippen molar-refractivity contribution in [3.8, 4) is 0 Å². The molecule has 1 aromatic rings. The lowest BCUT2D eigenvalue weighted by atomic mass is 10.0. The van der Waals surface area contributed by atoms with Gasteiger partial charge in [-0.15, -0.1) is 0 Å². The molecule has 0 heterocycles. The molecule has 0 saturated heterocycles. The zero-order valence-corrected chi connectivity index (χ0v) is 10.8. The maximum Gasteiger partial charge on any atom is 0.274 e. The Kier molecular flexibility index (Phi) is 5.38. The van der Waals surface area contributed by atoms with E-state index in [2.05, 4.69) is 12.2 Å². The molecule has 0 amide bonds. The van der Waals surface area contributed by atoms with E-state index in [4.69, 9.17) is 11.6 Å². The molecule has 0 aromatic heterocycles. The van der Waals surface area contributed by atoms with Crippen molar-refractivity contribution in [3.63, 3.8) is 0 Å². The standard InChI is InChI=1S/C12H17ClN2O2/c1-3-4-11(14-2)7-9-5-6-10(13)8-12(9)15(16)17/h5-6,8,11,14H,3-4,7H2,1-2H3. The Hall–Kier alpha value is -1.13. The summed E-state index contributed by atoms with van der Waals surface area (Å²) < 4.78 is 0. The summed E-state index contributed by atoms with van der Waals surface area (Å²) in [6.07, 6.45) is 2.70. The normalized spacial score (nSPS) is 12.4. The molecule has 1 N–H and O–H groups in total. The van der Waals surface area contributed by atoms with Gasteiger partial charge in [0.25, 0.3) is 5.69 Å². The maximum absolute atomic E-state index is 10.9. The summed E-state index contributed by atoms with van der Waals surface area (Å²) in [6, 6.07) is 5.11. The Morgan fingerprint density at radius 2 is 2.24 bits per heavy atom. The molecule has 0 aliphatic rings. The van der Waals surface area contributed by atoms with E-state index in [1.54, 1.807) is 12.1 Å². The molecule has 0 fully saturated rings. The van der Waals surface area contributed by atoms with Gasteiger partial charge in [-0.1, -0.05) is 31.0 Å². The molecule has 4 nitrogen and oxygen atoms in total. The molecule has 5 heteroatoms. The fourth-order valence-corrected chi connectivity index (χ4v) is 2.01. The SMILES string of the molecule is CCCC(Cc1ccc(Cl)cc1[N+](=O)[O-])NC. The summed E-state index contributed by atoms with van der Waals surface area (Å²) in [5.74, 6) is 0. The van der Waals surface area contributed by atoms with Gasteiger partial charge in [-0.2, -0.15) is 0 Å². The van der Waals surface area contributed by atoms with Crippen LogP contribution in [0, 0.1) is 10.1 Å². The van der Waals surface area contributed by atoms with Crippen molar-refractivity contribution in [3.05, 3.63) is 38.9 Å². The van der Waals surface area contributed by atoms with E-state index in [1.165, 1.54) is 6.07 Å². The van der Waals surface area contributed by atoms with Crippen molar-refractivity contribution in [2.75, 3.05) is 7.05 Å². The van der Waals surface area contributed by atoms with Gasteiger partial charge in [0.05, 0.1) is 4.92 Å². The lowest BCUT2D eigenvalue weighted by molar-refractivity contribution is -0.385. The number of nitro groups is 1. The number of nitrogens with one attached hydrogen (secondary N) is 1. The second-order valence-corrected chi connectivity index (χ2v) is 4.44. The third-order valence-corrected chi connectivity index (χ3v) is 2.99. The average molecular weight is 257 g/mol. The van der Waals surface area contributed by atoms with Gasteiger partial charge in [-0.3, -0.25) is 10.1 Å². The van der Waals surface area contributed by atoms with E-state index < -0.39 is 0 Å². The van der Waals surface area contributed by atoms with Gasteiger partial charge >= 0.3 is 0 Å². The number of hydrogen-bond donors (Lipinski definition) is 1. The maximum atomic E-state index is 10.9. The summed E-state index contributed by atoms with van der Waals surface area (Å²) in [6.45, 7) is 2.10. The van der Waals surface area contributed by atoms with E-state index in [-0.39, 0.29) is 16.7 Å². The Morgan fingerprint density at radius 1 is 1.53 bits per heavy atom. The highest BCUT2D eigenvalue weighted by Gasteiger charge is 2.17. The van der Waals surface area contributed by atoms with Crippen molar-refractivity contribution < 1.29 is 4.92 Å². The molecule has 17 heavy (non-hydrogen) atoms. The summed E-state index contributed by atoms with van der Waals surface area (Å²) in [5.41, 5.74) is 0.834. The summed E-state index contributed by atoms with van der Waals surface area (Å²) in [4.78, 5) is 10.6. The molecule has 0 bridgehead atoms. The molecule has 1 unspecified atom stereocenters. The van der Waals surface area contributed by atoms with Gasteiger partial charge < -0.3 is 5.32 Å². The van der Waals surface area contributed by atoms with Crippen molar-refractivity contribution >= 4 is 17.3 Å².